The average Bonchev–Trinajstić information content (AvgIpc) is 1.75. The summed E-state index contributed by atoms with van der Waals surface area (Å²) in [5, 5.41) is 57.3. The van der Waals surface area contributed by atoms with E-state index in [0.29, 0.717) is 32.2 Å². The molecule has 3 saturated heterocycles. The third-order valence-electron chi connectivity index (χ3n) is 16.9. The first-order chi connectivity index (χ1) is 45.5. The van der Waals surface area contributed by atoms with E-state index in [1.54, 1.807) is 55.4 Å². The maximum absolute atomic E-state index is 14.6. The van der Waals surface area contributed by atoms with E-state index in [0.717, 1.165) is 6.42 Å². The zero-order chi connectivity index (χ0) is 73.1. The summed E-state index contributed by atoms with van der Waals surface area (Å²) in [6.07, 6.45) is -0.0802. The van der Waals surface area contributed by atoms with Crippen molar-refractivity contribution in [1.29, 1.82) is 0 Å². The lowest BCUT2D eigenvalue weighted by Crippen LogP contribution is -2.61. The predicted molar refractivity (Wildman–Crippen MR) is 348 cm³/mol. The second-order valence-electron chi connectivity index (χ2n) is 26.7. The van der Waals surface area contributed by atoms with Crippen LogP contribution in [0.2, 0.25) is 0 Å². The lowest BCUT2D eigenvalue weighted by molar-refractivity contribution is -0.146. The van der Waals surface area contributed by atoms with Crippen molar-refractivity contribution in [1.82, 2.24) is 68.3 Å². The molecule has 34 heteroatoms. The molecule has 0 unspecified atom stereocenters. The molecule has 0 saturated carbocycles. The molecule has 13 amide bonds. The van der Waals surface area contributed by atoms with Gasteiger partial charge in [0.05, 0.1) is 12.5 Å². The zero-order valence-corrected chi connectivity index (χ0v) is 57.4. The van der Waals surface area contributed by atoms with Crippen molar-refractivity contribution in [3.05, 3.63) is 0 Å². The number of carbonyl (C=O) groups is 16. The first-order valence-corrected chi connectivity index (χ1v) is 33.5. The van der Waals surface area contributed by atoms with Gasteiger partial charge in [-0.25, -0.2) is 4.79 Å². The predicted octanol–water partition coefficient (Wildman–Crippen LogP) is -3.17. The first-order valence-electron chi connectivity index (χ1n) is 33.5. The number of hydrogen-bond donors (Lipinski definition) is 16. The Morgan fingerprint density at radius 3 is 1.43 bits per heavy atom. The molecule has 3 fully saturated rings. The maximum atomic E-state index is 14.6. The standard InChI is InChI=1S/C63H105N15O19/c1-31(2)28-41(57(90)75-49(33(5)6)60(93)70-38(16-11-12-24-64)54(87)69-39(20-22-46(65)79)55(88)72-42(30-48(82)83)56(89)74-43(63(96)97)29-32(3)4)73-58(91)44-18-15-27-78(44)62(95)50(34(7)8)76-59(92)45-19-14-26-77(45)61(94)40(21-23-47(80)81)71-52(85)36(10)67-51(84)35(9)68-53(86)37-17-13-25-66-37/h31-45,49-50,66H,11-30,64H2,1-10H3,(H2,65,79)(H,67,84)(H,68,86)(H,69,87)(H,70,93)(H,71,85)(H,72,88)(H,73,91)(H,74,89)(H,75,90)(H,76,92)(H,80,81)(H,82,83)(H,96,97)/t35-,36-,37-,38-,39-,40-,41-,42-,43-,44-,45-,49-,50-/m0/s1. The number of amides is 13. The Kier molecular flexibility index (Phi) is 34.3. The van der Waals surface area contributed by atoms with Crippen LogP contribution in [0.25, 0.3) is 0 Å². The number of likely N-dealkylation sites (tertiary alicyclic amines) is 2. The number of nitrogens with one attached hydrogen (secondary N) is 11. The number of carboxylic acid groups (broad SMARTS) is 3. The summed E-state index contributed by atoms with van der Waals surface area (Å²) in [4.78, 5) is 217. The minimum absolute atomic E-state index is 0.0266. The van der Waals surface area contributed by atoms with Crippen molar-refractivity contribution < 1.29 is 92.0 Å². The van der Waals surface area contributed by atoms with Crippen LogP contribution in [-0.4, -0.2) is 225 Å². The number of hydrogen-bond acceptors (Lipinski definition) is 18. The number of carboxylic acids is 3. The summed E-state index contributed by atoms with van der Waals surface area (Å²) in [7, 11) is 0. The first kappa shape index (κ1) is 82.7. The quantitative estimate of drug-likeness (QED) is 0.0269. The van der Waals surface area contributed by atoms with E-state index in [1.807, 2.05) is 0 Å². The van der Waals surface area contributed by atoms with Crippen LogP contribution in [0.3, 0.4) is 0 Å². The lowest BCUT2D eigenvalue weighted by atomic mass is 9.98. The number of unbranched alkanes of at least 4 members (excludes halogenated alkanes) is 1. The molecule has 3 rings (SSSR count). The summed E-state index contributed by atoms with van der Waals surface area (Å²) in [5.74, 6) is -16.7. The van der Waals surface area contributed by atoms with Gasteiger partial charge in [-0.15, -0.1) is 0 Å². The molecule has 0 bridgehead atoms. The van der Waals surface area contributed by atoms with Gasteiger partial charge in [0.2, 0.25) is 76.8 Å². The number of rotatable bonds is 41. The van der Waals surface area contributed by atoms with Crippen LogP contribution in [0.15, 0.2) is 0 Å². The van der Waals surface area contributed by atoms with Crippen molar-refractivity contribution in [3.63, 3.8) is 0 Å². The van der Waals surface area contributed by atoms with Crippen LogP contribution < -0.4 is 70.0 Å². The van der Waals surface area contributed by atoms with E-state index >= 15 is 0 Å². The SMILES string of the molecule is CC(C)C[C@H](NC(=O)[C@H](CC(=O)O)NC(=O)[C@H](CCC(N)=O)NC(=O)[C@H](CCCCN)NC(=O)[C@@H](NC(=O)[C@H](CC(C)C)NC(=O)[C@@H]1CCCN1C(=O)[C@@H](NC(=O)[C@@H]1CCCN1C(=O)[C@H](CCC(=O)O)NC(=O)[C@H](C)NC(=O)[C@H](C)NC(=O)[C@@H]1CCCN1)C(C)C)C(C)C)C(=O)O. The molecule has 34 nitrogen and oxygen atoms in total. The molecule has 97 heavy (non-hydrogen) atoms. The largest absolute Gasteiger partial charge is 0.481 e. The third kappa shape index (κ3) is 27.1. The fourth-order valence-electron chi connectivity index (χ4n) is 11.5. The van der Waals surface area contributed by atoms with Gasteiger partial charge in [0.1, 0.15) is 72.5 Å². The van der Waals surface area contributed by atoms with Crippen LogP contribution in [0, 0.1) is 23.7 Å². The number of primary amides is 1. The number of nitrogens with two attached hydrogens (primary N) is 2. The minimum Gasteiger partial charge on any atom is -0.481 e. The van der Waals surface area contributed by atoms with Gasteiger partial charge >= 0.3 is 17.9 Å². The van der Waals surface area contributed by atoms with Crippen molar-refractivity contribution in [2.24, 2.45) is 35.1 Å². The number of aliphatic carboxylic acids is 3. The molecule has 3 aliphatic rings. The van der Waals surface area contributed by atoms with Crippen LogP contribution in [-0.2, 0) is 76.7 Å². The van der Waals surface area contributed by atoms with E-state index < -0.39 is 205 Å². The fourth-order valence-corrected chi connectivity index (χ4v) is 11.5. The van der Waals surface area contributed by atoms with Crippen LogP contribution in [0.5, 0.6) is 0 Å². The van der Waals surface area contributed by atoms with Crippen molar-refractivity contribution in [2.75, 3.05) is 26.2 Å². The van der Waals surface area contributed by atoms with Gasteiger partial charge in [-0.1, -0.05) is 55.4 Å². The van der Waals surface area contributed by atoms with Gasteiger partial charge in [-0.3, -0.25) is 71.9 Å². The Morgan fingerprint density at radius 1 is 0.443 bits per heavy atom. The molecule has 13 atom stereocenters. The van der Waals surface area contributed by atoms with Gasteiger partial charge in [0.15, 0.2) is 0 Å². The molecular weight excluding hydrogens is 1270 g/mol. The topological polar surface area (TPSA) is 525 Å². The third-order valence-corrected chi connectivity index (χ3v) is 16.9. The molecule has 0 aromatic rings. The molecule has 0 spiro atoms. The van der Waals surface area contributed by atoms with E-state index in [2.05, 4.69) is 58.5 Å². The van der Waals surface area contributed by atoms with Gasteiger partial charge in [0, 0.05) is 25.9 Å². The lowest BCUT2D eigenvalue weighted by Gasteiger charge is -2.33. The number of carbonyl (C=O) groups excluding carboxylic acids is 13. The van der Waals surface area contributed by atoms with Gasteiger partial charge in [0.25, 0.3) is 0 Å². The highest BCUT2D eigenvalue weighted by Gasteiger charge is 2.44. The normalized spacial score (nSPS) is 19.1. The van der Waals surface area contributed by atoms with E-state index in [9.17, 15) is 92.0 Å². The second kappa shape index (κ2) is 40.2. The summed E-state index contributed by atoms with van der Waals surface area (Å²) in [6.45, 7) is 17.2. The van der Waals surface area contributed by atoms with Crippen LogP contribution in [0.1, 0.15) is 172 Å². The minimum atomic E-state index is -1.86. The van der Waals surface area contributed by atoms with Crippen molar-refractivity contribution in [2.45, 2.75) is 251 Å². The summed E-state index contributed by atoms with van der Waals surface area (Å²) >= 11 is 0. The average molecular weight is 1380 g/mol. The molecule has 0 aromatic heterocycles. The summed E-state index contributed by atoms with van der Waals surface area (Å²) < 4.78 is 0. The molecule has 3 aliphatic heterocycles. The Balaban J connectivity index is 1.80. The molecule has 18 N–H and O–H groups in total. The smallest absolute Gasteiger partial charge is 0.326 e. The molecule has 0 aromatic carbocycles. The Bertz CT molecular complexity index is 2810. The van der Waals surface area contributed by atoms with Crippen molar-refractivity contribution in [3.8, 4) is 0 Å². The molecular formula is C63H105N15O19. The van der Waals surface area contributed by atoms with Gasteiger partial charge < -0.3 is 95.1 Å². The van der Waals surface area contributed by atoms with Crippen molar-refractivity contribution >= 4 is 94.7 Å². The van der Waals surface area contributed by atoms with Gasteiger partial charge in [-0.05, 0) is 134 Å². The van der Waals surface area contributed by atoms with Crippen LogP contribution in [0.4, 0.5) is 0 Å². The maximum Gasteiger partial charge on any atom is 0.326 e. The molecule has 0 radical (unpaired) electrons. The highest BCUT2D eigenvalue weighted by molar-refractivity contribution is 6.00. The second-order valence-corrected chi connectivity index (χ2v) is 26.7. The zero-order valence-electron chi connectivity index (χ0n) is 57.4. The highest BCUT2D eigenvalue weighted by atomic mass is 16.4. The van der Waals surface area contributed by atoms with E-state index in [4.69, 9.17) is 11.5 Å². The van der Waals surface area contributed by atoms with E-state index in [1.165, 1.54) is 23.6 Å². The molecule has 3 heterocycles. The fraction of sp³-hybridized carbons (Fsp3) is 0.746. The Morgan fingerprint density at radius 2 is 0.918 bits per heavy atom. The number of nitrogens with zero attached hydrogens (tertiary/aromatic N) is 2. The molecule has 0 aliphatic carbocycles. The summed E-state index contributed by atoms with van der Waals surface area (Å²) in [5.41, 5.74) is 11.1. The van der Waals surface area contributed by atoms with Gasteiger partial charge in [-0.2, -0.15) is 0 Å². The van der Waals surface area contributed by atoms with Crippen LogP contribution >= 0.6 is 0 Å². The van der Waals surface area contributed by atoms with E-state index in [-0.39, 0.29) is 82.3 Å². The highest BCUT2D eigenvalue weighted by Crippen LogP contribution is 2.24. The monoisotopic (exact) mass is 1380 g/mol. The Labute approximate surface area is 565 Å². The summed E-state index contributed by atoms with van der Waals surface area (Å²) in [6, 6.07) is -16.9. The molecule has 546 valence electrons. The Hall–Kier alpha value is -8.56.